The SMILES string of the molecule is CCCCNC(=O)C(CC)N(Cc1ccc(F)cc1)C(=O)CN(c1cccc(OC)c1)S(=O)(=O)c1ccc(C)cc1. The number of carbonyl (C=O) groups excluding carboxylic acids is 2. The third-order valence-corrected chi connectivity index (χ3v) is 8.50. The van der Waals surface area contributed by atoms with E-state index >= 15 is 0 Å². The maximum atomic E-state index is 14.1. The Morgan fingerprint density at radius 2 is 1.68 bits per heavy atom. The van der Waals surface area contributed by atoms with Gasteiger partial charge in [-0.15, -0.1) is 0 Å². The van der Waals surface area contributed by atoms with Gasteiger partial charge in [0.25, 0.3) is 10.0 Å². The van der Waals surface area contributed by atoms with E-state index < -0.39 is 34.3 Å². The van der Waals surface area contributed by atoms with Gasteiger partial charge in [-0.25, -0.2) is 12.8 Å². The van der Waals surface area contributed by atoms with Crippen molar-refractivity contribution in [2.75, 3.05) is 24.5 Å². The zero-order valence-corrected chi connectivity index (χ0v) is 24.8. The van der Waals surface area contributed by atoms with E-state index in [-0.39, 0.29) is 23.0 Å². The van der Waals surface area contributed by atoms with E-state index in [0.717, 1.165) is 22.7 Å². The third-order valence-electron chi connectivity index (χ3n) is 6.71. The molecule has 41 heavy (non-hydrogen) atoms. The molecule has 0 saturated heterocycles. The molecule has 0 spiro atoms. The summed E-state index contributed by atoms with van der Waals surface area (Å²) in [5, 5.41) is 2.89. The highest BCUT2D eigenvalue weighted by atomic mass is 32.2. The topological polar surface area (TPSA) is 96.0 Å². The molecule has 0 heterocycles. The Morgan fingerprint density at radius 1 is 1.00 bits per heavy atom. The van der Waals surface area contributed by atoms with Crippen molar-refractivity contribution in [1.82, 2.24) is 10.2 Å². The van der Waals surface area contributed by atoms with Gasteiger partial charge in [-0.3, -0.25) is 13.9 Å². The fourth-order valence-corrected chi connectivity index (χ4v) is 5.75. The summed E-state index contributed by atoms with van der Waals surface area (Å²) in [7, 11) is -2.72. The molecule has 8 nitrogen and oxygen atoms in total. The number of ether oxygens (including phenoxy) is 1. The van der Waals surface area contributed by atoms with Crippen LogP contribution in [-0.2, 0) is 26.2 Å². The van der Waals surface area contributed by atoms with Crippen molar-refractivity contribution in [3.63, 3.8) is 0 Å². The van der Waals surface area contributed by atoms with Crippen molar-refractivity contribution in [2.45, 2.75) is 57.5 Å². The van der Waals surface area contributed by atoms with Crippen LogP contribution < -0.4 is 14.4 Å². The first-order valence-electron chi connectivity index (χ1n) is 13.7. The lowest BCUT2D eigenvalue weighted by Gasteiger charge is -2.33. The lowest BCUT2D eigenvalue weighted by Crippen LogP contribution is -2.52. The highest BCUT2D eigenvalue weighted by Gasteiger charge is 2.33. The van der Waals surface area contributed by atoms with Crippen molar-refractivity contribution in [2.24, 2.45) is 0 Å². The van der Waals surface area contributed by atoms with E-state index in [9.17, 15) is 22.4 Å². The molecule has 1 unspecified atom stereocenters. The fraction of sp³-hybridized carbons (Fsp3) is 0.355. The van der Waals surface area contributed by atoms with E-state index in [0.29, 0.717) is 24.3 Å². The lowest BCUT2D eigenvalue weighted by molar-refractivity contribution is -0.140. The highest BCUT2D eigenvalue weighted by Crippen LogP contribution is 2.28. The molecule has 0 aliphatic rings. The Bertz CT molecular complexity index is 1410. The minimum atomic E-state index is -4.19. The number of benzene rings is 3. The number of nitrogens with zero attached hydrogens (tertiary/aromatic N) is 2. The van der Waals surface area contributed by atoms with Crippen LogP contribution in [0.2, 0.25) is 0 Å². The average Bonchev–Trinajstić information content (AvgIpc) is 2.97. The maximum Gasteiger partial charge on any atom is 0.264 e. The first-order chi connectivity index (χ1) is 19.6. The number of amides is 2. The second kappa shape index (κ2) is 14.6. The number of nitrogens with one attached hydrogen (secondary N) is 1. The maximum absolute atomic E-state index is 14.1. The molecule has 10 heteroatoms. The van der Waals surface area contributed by atoms with Gasteiger partial charge in [-0.05, 0) is 61.7 Å². The third kappa shape index (κ3) is 8.29. The highest BCUT2D eigenvalue weighted by molar-refractivity contribution is 7.92. The number of hydrogen-bond acceptors (Lipinski definition) is 5. The molecule has 2 amide bonds. The van der Waals surface area contributed by atoms with Gasteiger partial charge >= 0.3 is 0 Å². The van der Waals surface area contributed by atoms with Crippen LogP contribution in [0.5, 0.6) is 5.75 Å². The summed E-state index contributed by atoms with van der Waals surface area (Å²) < 4.78 is 47.8. The van der Waals surface area contributed by atoms with Gasteiger partial charge in [0, 0.05) is 19.2 Å². The van der Waals surface area contributed by atoms with Gasteiger partial charge < -0.3 is 15.0 Å². The van der Waals surface area contributed by atoms with Crippen LogP contribution in [0.25, 0.3) is 0 Å². The molecule has 0 fully saturated rings. The minimum Gasteiger partial charge on any atom is -0.497 e. The van der Waals surface area contributed by atoms with Crippen molar-refractivity contribution in [1.29, 1.82) is 0 Å². The number of carbonyl (C=O) groups is 2. The summed E-state index contributed by atoms with van der Waals surface area (Å²) in [6.45, 7) is 5.54. The van der Waals surface area contributed by atoms with E-state index in [2.05, 4.69) is 5.32 Å². The number of rotatable bonds is 14. The van der Waals surface area contributed by atoms with Gasteiger partial charge in [0.15, 0.2) is 0 Å². The van der Waals surface area contributed by atoms with Crippen LogP contribution in [-0.4, -0.2) is 51.4 Å². The quantitative estimate of drug-likeness (QED) is 0.268. The van der Waals surface area contributed by atoms with Crippen LogP contribution in [0, 0.1) is 12.7 Å². The predicted octanol–water partition coefficient (Wildman–Crippen LogP) is 5.06. The van der Waals surface area contributed by atoms with Crippen LogP contribution in [0.15, 0.2) is 77.7 Å². The molecule has 1 atom stereocenters. The first-order valence-corrected chi connectivity index (χ1v) is 15.1. The summed E-state index contributed by atoms with van der Waals surface area (Å²) in [6.07, 6.45) is 1.98. The Hall–Kier alpha value is -3.92. The molecule has 0 radical (unpaired) electrons. The summed E-state index contributed by atoms with van der Waals surface area (Å²) in [4.78, 5) is 28.7. The number of hydrogen-bond donors (Lipinski definition) is 1. The van der Waals surface area contributed by atoms with Crippen molar-refractivity contribution < 1.29 is 27.1 Å². The zero-order chi connectivity index (χ0) is 30.0. The molecule has 0 aliphatic carbocycles. The number of halogens is 1. The number of sulfonamides is 1. The second-order valence-electron chi connectivity index (χ2n) is 9.74. The Labute approximate surface area is 242 Å². The van der Waals surface area contributed by atoms with Crippen molar-refractivity contribution in [3.8, 4) is 5.75 Å². The molecule has 3 aromatic carbocycles. The van der Waals surface area contributed by atoms with Gasteiger partial charge in [0.05, 0.1) is 17.7 Å². The normalized spacial score (nSPS) is 11.9. The van der Waals surface area contributed by atoms with Crippen molar-refractivity contribution >= 4 is 27.5 Å². The average molecular weight is 584 g/mol. The zero-order valence-electron chi connectivity index (χ0n) is 24.0. The Kier molecular flexibility index (Phi) is 11.3. The largest absolute Gasteiger partial charge is 0.497 e. The Morgan fingerprint density at radius 3 is 2.29 bits per heavy atom. The molecular weight excluding hydrogens is 545 g/mol. The minimum absolute atomic E-state index is 0.00462. The molecule has 3 aromatic rings. The van der Waals surface area contributed by atoms with E-state index in [1.54, 1.807) is 49.4 Å². The van der Waals surface area contributed by atoms with Gasteiger partial charge in [0.2, 0.25) is 11.8 Å². The number of methoxy groups -OCH3 is 1. The second-order valence-corrected chi connectivity index (χ2v) is 11.6. The molecule has 0 saturated carbocycles. The van der Waals surface area contributed by atoms with Gasteiger partial charge in [-0.1, -0.05) is 56.2 Å². The predicted molar refractivity (Wildman–Crippen MR) is 158 cm³/mol. The first kappa shape index (κ1) is 31.6. The number of aryl methyl sites for hydroxylation is 1. The smallest absolute Gasteiger partial charge is 0.264 e. The number of unbranched alkanes of at least 4 members (excludes halogenated alkanes) is 1. The molecule has 0 bridgehead atoms. The van der Waals surface area contributed by atoms with Crippen LogP contribution in [0.4, 0.5) is 10.1 Å². The number of anilines is 1. The summed E-state index contributed by atoms with van der Waals surface area (Å²) in [6, 6.07) is 17.6. The van der Waals surface area contributed by atoms with Crippen molar-refractivity contribution in [3.05, 3.63) is 89.7 Å². The fourth-order valence-electron chi connectivity index (χ4n) is 4.34. The van der Waals surface area contributed by atoms with Gasteiger partial charge in [0.1, 0.15) is 24.2 Å². The monoisotopic (exact) mass is 583 g/mol. The molecular formula is C31H38FN3O5S. The molecule has 3 rings (SSSR count). The van der Waals surface area contributed by atoms with E-state index in [1.165, 1.54) is 42.3 Å². The van der Waals surface area contributed by atoms with Gasteiger partial charge in [-0.2, -0.15) is 0 Å². The molecule has 0 aromatic heterocycles. The molecule has 1 N–H and O–H groups in total. The summed E-state index contributed by atoms with van der Waals surface area (Å²) in [5.41, 5.74) is 1.73. The summed E-state index contributed by atoms with van der Waals surface area (Å²) >= 11 is 0. The van der Waals surface area contributed by atoms with Crippen LogP contribution >= 0.6 is 0 Å². The Balaban J connectivity index is 2.05. The van der Waals surface area contributed by atoms with Crippen LogP contribution in [0.3, 0.4) is 0 Å². The van der Waals surface area contributed by atoms with Crippen LogP contribution in [0.1, 0.15) is 44.2 Å². The molecule has 0 aliphatic heterocycles. The van der Waals surface area contributed by atoms with E-state index in [4.69, 9.17) is 4.74 Å². The molecule has 220 valence electrons. The lowest BCUT2D eigenvalue weighted by atomic mass is 10.1. The summed E-state index contributed by atoms with van der Waals surface area (Å²) in [5.74, 6) is -0.913. The van der Waals surface area contributed by atoms with E-state index in [1.807, 2.05) is 13.8 Å². The standard InChI is InChI=1S/C31H38FN3O5S/c1-5-7-19-33-31(37)29(6-2)34(21-24-13-15-25(32)16-14-24)30(36)22-35(26-9-8-10-27(20-26)40-4)41(38,39)28-17-11-23(3)12-18-28/h8-18,20,29H,5-7,19,21-22H2,1-4H3,(H,33,37).